The van der Waals surface area contributed by atoms with E-state index in [1.807, 2.05) is 6.07 Å². The van der Waals surface area contributed by atoms with Gasteiger partial charge in [0, 0.05) is 17.6 Å². The van der Waals surface area contributed by atoms with Crippen molar-refractivity contribution in [2.45, 2.75) is 38.7 Å². The fourth-order valence-corrected chi connectivity index (χ4v) is 3.11. The van der Waals surface area contributed by atoms with Crippen LogP contribution in [-0.4, -0.2) is 38.9 Å². The smallest absolute Gasteiger partial charge is 0.262 e. The van der Waals surface area contributed by atoms with E-state index in [4.69, 9.17) is 14.2 Å². The van der Waals surface area contributed by atoms with Crippen molar-refractivity contribution in [3.05, 3.63) is 27.7 Å². The van der Waals surface area contributed by atoms with E-state index >= 15 is 0 Å². The second-order valence-corrected chi connectivity index (χ2v) is 7.10. The third-order valence-electron chi connectivity index (χ3n) is 4.22. The van der Waals surface area contributed by atoms with Gasteiger partial charge in [-0.2, -0.15) is 5.26 Å². The minimum atomic E-state index is -0.415. The van der Waals surface area contributed by atoms with Gasteiger partial charge in [-0.05, 0) is 43.0 Å². The highest BCUT2D eigenvalue weighted by Gasteiger charge is 2.18. The van der Waals surface area contributed by atoms with Gasteiger partial charge < -0.3 is 19.5 Å². The molecule has 1 fully saturated rings. The topological polar surface area (TPSA) is 80.6 Å². The van der Waals surface area contributed by atoms with Crippen LogP contribution in [0.5, 0.6) is 11.5 Å². The lowest BCUT2D eigenvalue weighted by Crippen LogP contribution is -2.32. The van der Waals surface area contributed by atoms with Crippen LogP contribution in [-0.2, 0) is 9.53 Å². The van der Waals surface area contributed by atoms with E-state index in [1.54, 1.807) is 19.2 Å². The SMILES string of the molecule is CCCCOc1cc(Br)c(/C=C(\C#N)C(=O)NC[C@@H]2CCCO2)cc1OC. The van der Waals surface area contributed by atoms with Crippen LogP contribution in [0.1, 0.15) is 38.2 Å². The van der Waals surface area contributed by atoms with Gasteiger partial charge in [0.2, 0.25) is 0 Å². The zero-order chi connectivity index (χ0) is 19.6. The number of ether oxygens (including phenoxy) is 3. The fourth-order valence-electron chi connectivity index (χ4n) is 2.67. The van der Waals surface area contributed by atoms with Gasteiger partial charge >= 0.3 is 0 Å². The summed E-state index contributed by atoms with van der Waals surface area (Å²) in [5, 5.41) is 12.1. The van der Waals surface area contributed by atoms with Crippen molar-refractivity contribution in [1.82, 2.24) is 5.32 Å². The molecule has 1 N–H and O–H groups in total. The van der Waals surface area contributed by atoms with Crippen molar-refractivity contribution in [3.63, 3.8) is 0 Å². The molecule has 0 aromatic heterocycles. The molecule has 1 amide bonds. The van der Waals surface area contributed by atoms with Crippen LogP contribution in [0.4, 0.5) is 0 Å². The molecule has 7 heteroatoms. The summed E-state index contributed by atoms with van der Waals surface area (Å²) in [6.07, 6.45) is 5.48. The highest BCUT2D eigenvalue weighted by Crippen LogP contribution is 2.34. The van der Waals surface area contributed by atoms with Crippen LogP contribution < -0.4 is 14.8 Å². The lowest BCUT2D eigenvalue weighted by atomic mass is 10.1. The van der Waals surface area contributed by atoms with Crippen molar-refractivity contribution in [1.29, 1.82) is 5.26 Å². The number of amides is 1. The molecule has 0 aliphatic carbocycles. The van der Waals surface area contributed by atoms with E-state index in [0.717, 1.165) is 36.8 Å². The lowest BCUT2D eigenvalue weighted by molar-refractivity contribution is -0.117. The predicted octanol–water partition coefficient (Wildman–Crippen LogP) is 3.84. The summed E-state index contributed by atoms with van der Waals surface area (Å²) >= 11 is 3.48. The number of hydrogen-bond donors (Lipinski definition) is 1. The Labute approximate surface area is 168 Å². The van der Waals surface area contributed by atoms with E-state index in [0.29, 0.717) is 30.2 Å². The van der Waals surface area contributed by atoms with Gasteiger partial charge in [-0.1, -0.05) is 29.3 Å². The highest BCUT2D eigenvalue weighted by atomic mass is 79.9. The third kappa shape index (κ3) is 6.26. The number of unbranched alkanes of at least 4 members (excludes halogenated alkanes) is 1. The average Bonchev–Trinajstić information content (AvgIpc) is 3.19. The Kier molecular flexibility index (Phi) is 8.62. The van der Waals surface area contributed by atoms with Crippen molar-refractivity contribution < 1.29 is 19.0 Å². The Morgan fingerprint density at radius 1 is 1.48 bits per heavy atom. The molecule has 2 rings (SSSR count). The molecule has 0 unspecified atom stereocenters. The van der Waals surface area contributed by atoms with Crippen LogP contribution >= 0.6 is 15.9 Å². The minimum Gasteiger partial charge on any atom is -0.493 e. The number of nitrogens with zero attached hydrogens (tertiary/aromatic N) is 1. The molecule has 1 aliphatic heterocycles. The molecular formula is C20H25BrN2O4. The van der Waals surface area contributed by atoms with Gasteiger partial charge in [0.25, 0.3) is 5.91 Å². The molecule has 146 valence electrons. The molecule has 0 spiro atoms. The average molecular weight is 437 g/mol. The maximum atomic E-state index is 12.3. The van der Waals surface area contributed by atoms with Crippen LogP contribution in [0.3, 0.4) is 0 Å². The summed E-state index contributed by atoms with van der Waals surface area (Å²) < 4.78 is 17.3. The second kappa shape index (κ2) is 11.0. The monoisotopic (exact) mass is 436 g/mol. The van der Waals surface area contributed by atoms with Gasteiger partial charge in [-0.25, -0.2) is 0 Å². The van der Waals surface area contributed by atoms with Gasteiger partial charge in [0.1, 0.15) is 11.6 Å². The van der Waals surface area contributed by atoms with Crippen molar-refractivity contribution in [2.24, 2.45) is 0 Å². The molecule has 1 aromatic rings. The summed E-state index contributed by atoms with van der Waals surface area (Å²) in [5.41, 5.74) is 0.689. The molecule has 0 saturated carbocycles. The Morgan fingerprint density at radius 2 is 2.30 bits per heavy atom. The molecule has 1 aliphatic rings. The molecule has 6 nitrogen and oxygen atoms in total. The van der Waals surface area contributed by atoms with Crippen LogP contribution in [0.2, 0.25) is 0 Å². The van der Waals surface area contributed by atoms with Gasteiger partial charge in [0.15, 0.2) is 11.5 Å². The molecule has 1 saturated heterocycles. The number of halogens is 1. The number of hydrogen-bond acceptors (Lipinski definition) is 5. The Morgan fingerprint density at radius 3 is 2.93 bits per heavy atom. The Hall–Kier alpha value is -2.04. The van der Waals surface area contributed by atoms with Gasteiger partial charge in [0.05, 0.1) is 19.8 Å². The highest BCUT2D eigenvalue weighted by molar-refractivity contribution is 9.10. The molecule has 1 atom stereocenters. The van der Waals surface area contributed by atoms with Crippen molar-refractivity contribution in [2.75, 3.05) is 26.9 Å². The third-order valence-corrected chi connectivity index (χ3v) is 4.90. The zero-order valence-corrected chi connectivity index (χ0v) is 17.3. The van der Waals surface area contributed by atoms with E-state index in [9.17, 15) is 10.1 Å². The molecule has 0 bridgehead atoms. The lowest BCUT2D eigenvalue weighted by Gasteiger charge is -2.13. The normalized spacial score (nSPS) is 16.7. The summed E-state index contributed by atoms with van der Waals surface area (Å²) in [6, 6.07) is 5.50. The predicted molar refractivity (Wildman–Crippen MR) is 107 cm³/mol. The van der Waals surface area contributed by atoms with E-state index in [-0.39, 0.29) is 11.7 Å². The van der Waals surface area contributed by atoms with Gasteiger partial charge in [-0.3, -0.25) is 4.79 Å². The molecule has 27 heavy (non-hydrogen) atoms. The number of carbonyl (C=O) groups excluding carboxylic acids is 1. The Balaban J connectivity index is 2.13. The Bertz CT molecular complexity index is 721. The van der Waals surface area contributed by atoms with Crippen molar-refractivity contribution in [3.8, 4) is 17.6 Å². The number of carbonyl (C=O) groups is 1. The second-order valence-electron chi connectivity index (χ2n) is 6.24. The first-order chi connectivity index (χ1) is 13.1. The van der Waals surface area contributed by atoms with Crippen molar-refractivity contribution >= 4 is 27.9 Å². The maximum Gasteiger partial charge on any atom is 0.262 e. The van der Waals surface area contributed by atoms with E-state index in [2.05, 4.69) is 28.2 Å². The molecule has 0 radical (unpaired) electrons. The number of nitrogens with one attached hydrogen (secondary N) is 1. The molecule has 1 aromatic carbocycles. The van der Waals surface area contributed by atoms with E-state index < -0.39 is 5.91 Å². The number of rotatable bonds is 9. The first kappa shape index (κ1) is 21.3. The maximum absolute atomic E-state index is 12.3. The summed E-state index contributed by atoms with van der Waals surface area (Å²) in [5.74, 6) is 0.760. The largest absolute Gasteiger partial charge is 0.493 e. The summed E-state index contributed by atoms with van der Waals surface area (Å²) in [6.45, 7) is 3.83. The molecular weight excluding hydrogens is 412 g/mol. The molecule has 1 heterocycles. The standard InChI is InChI=1S/C20H25BrN2O4/c1-3-4-7-27-19-11-17(21)14(10-18(19)25-2)9-15(12-22)20(24)23-13-16-6-5-8-26-16/h9-11,16H,3-8,13H2,1-2H3,(H,23,24)/b15-9+/t16-/m0/s1. The first-order valence-electron chi connectivity index (χ1n) is 9.11. The quantitative estimate of drug-likeness (QED) is 0.361. The van der Waals surface area contributed by atoms with E-state index in [1.165, 1.54) is 6.08 Å². The van der Waals surface area contributed by atoms with Crippen LogP contribution in [0.25, 0.3) is 6.08 Å². The summed E-state index contributed by atoms with van der Waals surface area (Å²) in [4.78, 5) is 12.3. The fraction of sp³-hybridized carbons (Fsp3) is 0.500. The van der Waals surface area contributed by atoms with Crippen LogP contribution in [0, 0.1) is 11.3 Å². The summed E-state index contributed by atoms with van der Waals surface area (Å²) in [7, 11) is 1.56. The minimum absolute atomic E-state index is 0.0235. The van der Waals surface area contributed by atoms with Gasteiger partial charge in [-0.15, -0.1) is 0 Å². The number of nitriles is 1. The van der Waals surface area contributed by atoms with Crippen LogP contribution in [0.15, 0.2) is 22.2 Å². The first-order valence-corrected chi connectivity index (χ1v) is 9.90. The number of benzene rings is 1. The number of methoxy groups -OCH3 is 1. The zero-order valence-electron chi connectivity index (χ0n) is 15.7.